The average molecular weight is 374 g/mol. The lowest BCUT2D eigenvalue weighted by Crippen LogP contribution is -2.60. The molecule has 0 aliphatic carbocycles. The molecule has 24 heavy (non-hydrogen) atoms. The highest BCUT2D eigenvalue weighted by Gasteiger charge is 2.81. The van der Waals surface area contributed by atoms with Gasteiger partial charge < -0.3 is 4.74 Å². The Hall–Kier alpha value is -1.42. The summed E-state index contributed by atoms with van der Waals surface area (Å²) in [6, 6.07) is 0. The number of rotatable bonds is 9. The second kappa shape index (κ2) is 7.64. The normalized spacial score (nSPS) is 15.1. The summed E-state index contributed by atoms with van der Waals surface area (Å²) in [5.74, 6) is -20.6. The molecule has 0 heterocycles. The fraction of sp³-hybridized carbons (Fsp3) is 0.769. The predicted octanol–water partition coefficient (Wildman–Crippen LogP) is 4.99. The van der Waals surface area contributed by atoms with Crippen LogP contribution >= 0.6 is 0 Å². The summed E-state index contributed by atoms with van der Waals surface area (Å²) < 4.78 is 118. The van der Waals surface area contributed by atoms with E-state index in [4.69, 9.17) is 0 Å². The van der Waals surface area contributed by atoms with Gasteiger partial charge in [-0.05, 0) is 18.8 Å². The third-order valence-electron chi connectivity index (χ3n) is 3.18. The van der Waals surface area contributed by atoms with Crippen LogP contribution in [0.1, 0.15) is 26.2 Å². The van der Waals surface area contributed by atoms with Crippen LogP contribution in [-0.2, 0) is 9.53 Å². The summed E-state index contributed by atoms with van der Waals surface area (Å²) in [6.07, 6.45) is -8.73. The van der Waals surface area contributed by atoms with Gasteiger partial charge in [-0.2, -0.15) is 39.5 Å². The van der Waals surface area contributed by atoms with Gasteiger partial charge in [0.1, 0.15) is 0 Å². The second-order valence-electron chi connectivity index (χ2n) is 5.16. The van der Waals surface area contributed by atoms with Crippen molar-refractivity contribution in [3.05, 3.63) is 12.7 Å². The topological polar surface area (TPSA) is 26.3 Å². The minimum Gasteiger partial charge on any atom is -0.463 e. The molecular formula is C13H15F9O2. The summed E-state index contributed by atoms with van der Waals surface area (Å²) in [5.41, 5.74) is 0. The summed E-state index contributed by atoms with van der Waals surface area (Å²) in [6.45, 7) is 4.07. The van der Waals surface area contributed by atoms with E-state index in [1.165, 1.54) is 6.92 Å². The van der Waals surface area contributed by atoms with E-state index >= 15 is 0 Å². The van der Waals surface area contributed by atoms with E-state index in [0.717, 1.165) is 6.08 Å². The number of hydrogen-bond donors (Lipinski definition) is 0. The molecule has 0 N–H and O–H groups in total. The second-order valence-corrected chi connectivity index (χ2v) is 5.16. The van der Waals surface area contributed by atoms with E-state index in [1.54, 1.807) is 0 Å². The van der Waals surface area contributed by atoms with E-state index in [2.05, 4.69) is 11.3 Å². The van der Waals surface area contributed by atoms with Gasteiger partial charge >= 0.3 is 29.9 Å². The monoisotopic (exact) mass is 374 g/mol. The molecule has 0 spiro atoms. The summed E-state index contributed by atoms with van der Waals surface area (Å²) in [7, 11) is 0. The smallest absolute Gasteiger partial charge is 0.460 e. The largest absolute Gasteiger partial charge is 0.463 e. The van der Waals surface area contributed by atoms with Crippen LogP contribution in [0.5, 0.6) is 0 Å². The number of esters is 1. The van der Waals surface area contributed by atoms with Crippen molar-refractivity contribution >= 4 is 5.97 Å². The van der Waals surface area contributed by atoms with Gasteiger partial charge in [-0.25, -0.2) is 4.79 Å². The van der Waals surface area contributed by atoms with Gasteiger partial charge in [0.15, 0.2) is 0 Å². The Balaban J connectivity index is 4.78. The zero-order chi connectivity index (χ0) is 19.4. The Morgan fingerprint density at radius 3 is 1.92 bits per heavy atom. The fourth-order valence-electron chi connectivity index (χ4n) is 1.56. The predicted molar refractivity (Wildman–Crippen MR) is 65.1 cm³/mol. The molecule has 0 bridgehead atoms. The first-order valence-electron chi connectivity index (χ1n) is 6.59. The molecule has 0 aromatic carbocycles. The van der Waals surface area contributed by atoms with Gasteiger partial charge in [-0.15, -0.1) is 0 Å². The highest BCUT2D eigenvalue weighted by Crippen LogP contribution is 2.54. The third-order valence-corrected chi connectivity index (χ3v) is 3.18. The minimum absolute atomic E-state index is 0.0725. The van der Waals surface area contributed by atoms with Crippen LogP contribution < -0.4 is 0 Å². The van der Waals surface area contributed by atoms with Crippen LogP contribution in [0, 0.1) is 5.92 Å². The fourth-order valence-corrected chi connectivity index (χ4v) is 1.56. The molecule has 0 fully saturated rings. The number of halogens is 9. The minimum atomic E-state index is -6.87. The Kier molecular flexibility index (Phi) is 7.19. The first-order valence-corrected chi connectivity index (χ1v) is 6.59. The Bertz CT molecular complexity index is 443. The number of ether oxygens (including phenoxy) is 1. The van der Waals surface area contributed by atoms with Crippen LogP contribution in [0.3, 0.4) is 0 Å². The molecule has 1 atom stereocenters. The van der Waals surface area contributed by atoms with E-state index < -0.39 is 48.7 Å². The number of carbonyl (C=O) groups is 1. The lowest BCUT2D eigenvalue weighted by Gasteiger charge is -2.34. The number of alkyl halides is 9. The van der Waals surface area contributed by atoms with Gasteiger partial charge in [0.05, 0.1) is 6.61 Å². The maximum absolute atomic E-state index is 13.3. The maximum Gasteiger partial charge on any atom is 0.460 e. The van der Waals surface area contributed by atoms with Gasteiger partial charge in [-0.1, -0.05) is 13.5 Å². The van der Waals surface area contributed by atoms with Crippen molar-refractivity contribution < 1.29 is 49.0 Å². The van der Waals surface area contributed by atoms with Crippen LogP contribution in [0.4, 0.5) is 39.5 Å². The first kappa shape index (κ1) is 22.6. The van der Waals surface area contributed by atoms with E-state index in [1.807, 2.05) is 0 Å². The molecule has 2 nitrogen and oxygen atoms in total. The number of hydrogen-bond acceptors (Lipinski definition) is 2. The lowest BCUT2D eigenvalue weighted by molar-refractivity contribution is -0.397. The van der Waals surface area contributed by atoms with Crippen molar-refractivity contribution in [2.75, 3.05) is 6.61 Å². The molecule has 0 aromatic heterocycles. The highest BCUT2D eigenvalue weighted by atomic mass is 19.4. The molecule has 1 unspecified atom stereocenters. The molecule has 0 saturated carbocycles. The molecule has 142 valence electrons. The van der Waals surface area contributed by atoms with Crippen LogP contribution in [0.15, 0.2) is 12.7 Å². The Labute approximate surface area is 131 Å². The highest BCUT2D eigenvalue weighted by molar-refractivity contribution is 5.81. The average Bonchev–Trinajstić information content (AvgIpc) is 2.43. The Morgan fingerprint density at radius 1 is 1.00 bits per heavy atom. The van der Waals surface area contributed by atoms with Crippen molar-refractivity contribution in [1.82, 2.24) is 0 Å². The summed E-state index contributed by atoms with van der Waals surface area (Å²) in [5, 5.41) is 0. The van der Waals surface area contributed by atoms with Crippen molar-refractivity contribution in [2.24, 2.45) is 5.92 Å². The van der Waals surface area contributed by atoms with Crippen molar-refractivity contribution in [2.45, 2.75) is 50.1 Å². The molecule has 0 aromatic rings. The summed E-state index contributed by atoms with van der Waals surface area (Å²) in [4.78, 5) is 10.7. The number of carbonyl (C=O) groups excluding carboxylic acids is 1. The van der Waals surface area contributed by atoms with E-state index in [0.29, 0.717) is 0 Å². The third kappa shape index (κ3) is 5.04. The van der Waals surface area contributed by atoms with Crippen molar-refractivity contribution in [3.8, 4) is 0 Å². The first-order chi connectivity index (χ1) is 10.6. The standard InChI is InChI=1S/C13H15F9O2/c1-3-9(23)24-7-5-8(2)4-6-10(14,15)11(16,17)12(18,19)13(20,21)22/h3,8H,1,4-7H2,2H3. The maximum atomic E-state index is 13.3. The molecule has 11 heteroatoms. The van der Waals surface area contributed by atoms with E-state index in [-0.39, 0.29) is 13.0 Å². The molecule has 0 saturated heterocycles. The van der Waals surface area contributed by atoms with Crippen LogP contribution in [0.25, 0.3) is 0 Å². The van der Waals surface area contributed by atoms with Crippen LogP contribution in [-0.4, -0.2) is 36.5 Å². The quantitative estimate of drug-likeness (QED) is 0.323. The lowest BCUT2D eigenvalue weighted by atomic mass is 9.94. The molecule has 0 aliphatic heterocycles. The zero-order valence-electron chi connectivity index (χ0n) is 12.4. The zero-order valence-corrected chi connectivity index (χ0v) is 12.4. The SMILES string of the molecule is C=CC(=O)OCCC(C)CCC(F)(F)C(F)(F)C(F)(F)C(F)(F)F. The summed E-state index contributed by atoms with van der Waals surface area (Å²) >= 11 is 0. The molecule has 0 amide bonds. The van der Waals surface area contributed by atoms with Crippen molar-refractivity contribution in [3.63, 3.8) is 0 Å². The molecular weight excluding hydrogens is 359 g/mol. The van der Waals surface area contributed by atoms with Gasteiger partial charge in [0, 0.05) is 12.5 Å². The molecule has 0 radical (unpaired) electrons. The molecule has 0 aliphatic rings. The van der Waals surface area contributed by atoms with Crippen molar-refractivity contribution in [1.29, 1.82) is 0 Å². The van der Waals surface area contributed by atoms with E-state index in [9.17, 15) is 44.3 Å². The van der Waals surface area contributed by atoms with Gasteiger partial charge in [0.25, 0.3) is 0 Å². The van der Waals surface area contributed by atoms with Gasteiger partial charge in [0.2, 0.25) is 0 Å². The Morgan fingerprint density at radius 2 is 1.50 bits per heavy atom. The van der Waals surface area contributed by atoms with Gasteiger partial charge in [-0.3, -0.25) is 0 Å². The molecule has 0 rings (SSSR count). The van der Waals surface area contributed by atoms with Crippen LogP contribution in [0.2, 0.25) is 0 Å².